The Morgan fingerprint density at radius 1 is 1.02 bits per heavy atom. The fraction of sp³-hybridized carbons (Fsp3) is 0.455. The second-order valence-corrected chi connectivity index (χ2v) is 17.1. The predicted octanol–water partition coefficient (Wildman–Crippen LogP) is 6.89. The average molecular weight is 865 g/mol. The van der Waals surface area contributed by atoms with E-state index in [0.29, 0.717) is 55.3 Å². The van der Waals surface area contributed by atoms with Gasteiger partial charge in [-0.1, -0.05) is 24.6 Å². The minimum Gasteiger partial charge on any atom is -0.492 e. The number of thiocarbonyl (C=S) groups is 1. The molecule has 11 nitrogen and oxygen atoms in total. The van der Waals surface area contributed by atoms with E-state index in [9.17, 15) is 37.6 Å². The number of alkyl halides is 3. The van der Waals surface area contributed by atoms with Crippen LogP contribution in [0.4, 0.5) is 24.5 Å². The number of nitrogens with one attached hydrogen (secondary N) is 1. The fourth-order valence-electron chi connectivity index (χ4n) is 8.47. The first kappa shape index (κ1) is 44.7. The van der Waals surface area contributed by atoms with E-state index in [1.54, 1.807) is 43.0 Å². The largest absolute Gasteiger partial charge is 0.492 e. The van der Waals surface area contributed by atoms with E-state index < -0.39 is 28.7 Å². The van der Waals surface area contributed by atoms with Gasteiger partial charge in [-0.25, -0.2) is 0 Å². The molecular weight excluding hydrogens is 817 g/mol. The molecule has 3 fully saturated rings. The number of halogens is 4. The van der Waals surface area contributed by atoms with Crippen LogP contribution >= 0.6 is 23.8 Å². The Morgan fingerprint density at radius 3 is 2.35 bits per heavy atom. The van der Waals surface area contributed by atoms with Crippen LogP contribution in [0.3, 0.4) is 0 Å². The van der Waals surface area contributed by atoms with Crippen molar-refractivity contribution in [2.75, 3.05) is 42.6 Å². The molecule has 0 radical (unpaired) electrons. The lowest BCUT2D eigenvalue weighted by atomic mass is 9.90. The van der Waals surface area contributed by atoms with Gasteiger partial charge < -0.3 is 9.64 Å². The van der Waals surface area contributed by atoms with Crippen LogP contribution < -0.4 is 19.9 Å². The molecule has 1 N–H and O–H groups in total. The van der Waals surface area contributed by atoms with E-state index in [1.807, 2.05) is 25.1 Å². The predicted molar refractivity (Wildman–Crippen MR) is 226 cm³/mol. The van der Waals surface area contributed by atoms with Gasteiger partial charge in [-0.15, -0.1) is 0 Å². The first-order valence-corrected chi connectivity index (χ1v) is 20.8. The van der Waals surface area contributed by atoms with Crippen LogP contribution in [0, 0.1) is 17.2 Å². The number of nitrogens with zero attached hydrogens (tertiary/aromatic N) is 5. The van der Waals surface area contributed by atoms with E-state index in [1.165, 1.54) is 6.07 Å². The summed E-state index contributed by atoms with van der Waals surface area (Å²) in [6, 6.07) is 15.9. The molecule has 3 aromatic carbocycles. The molecule has 3 aromatic rings. The molecule has 3 heterocycles. The normalized spacial score (nSPS) is 21.3. The number of ether oxygens (including phenoxy) is 1. The summed E-state index contributed by atoms with van der Waals surface area (Å²) in [4.78, 5) is 58.2. The van der Waals surface area contributed by atoms with Gasteiger partial charge in [-0.2, -0.15) is 18.4 Å². The topological polar surface area (TPSA) is 126 Å². The van der Waals surface area contributed by atoms with Crippen LogP contribution in [-0.2, 0) is 44.6 Å². The molecule has 60 heavy (non-hydrogen) atoms. The summed E-state index contributed by atoms with van der Waals surface area (Å²) in [5.41, 5.74) is 0.110. The van der Waals surface area contributed by atoms with Crippen molar-refractivity contribution in [1.82, 2.24) is 15.1 Å². The molecule has 0 saturated carbocycles. The van der Waals surface area contributed by atoms with E-state index in [0.717, 1.165) is 46.8 Å². The van der Waals surface area contributed by atoms with Gasteiger partial charge in [0.15, 0.2) is 10.9 Å². The number of imide groups is 1. The van der Waals surface area contributed by atoms with Crippen molar-refractivity contribution in [3.05, 3.63) is 87.4 Å². The number of benzene rings is 3. The number of anilines is 2. The van der Waals surface area contributed by atoms with Crippen LogP contribution in [0.25, 0.3) is 0 Å². The zero-order valence-electron chi connectivity index (χ0n) is 34.2. The second-order valence-electron chi connectivity index (χ2n) is 16.3. The molecule has 318 valence electrons. The molecule has 0 aromatic heterocycles. The first-order chi connectivity index (χ1) is 28.3. The van der Waals surface area contributed by atoms with Crippen LogP contribution in [0.15, 0.2) is 54.6 Å². The second kappa shape index (κ2) is 18.0. The average Bonchev–Trinajstić information content (AvgIpc) is 3.35. The van der Waals surface area contributed by atoms with Gasteiger partial charge in [-0.3, -0.25) is 39.2 Å². The minimum atomic E-state index is -4.80. The zero-order chi connectivity index (χ0) is 43.7. The third kappa shape index (κ3) is 9.68. The number of aryl methyl sites for hydroxylation is 1. The number of hydrogen-bond donors (Lipinski definition) is 1. The van der Waals surface area contributed by atoms with Gasteiger partial charge >= 0.3 is 6.18 Å². The highest BCUT2D eigenvalue weighted by molar-refractivity contribution is 7.81. The molecule has 0 aliphatic carbocycles. The molecule has 0 bridgehead atoms. The summed E-state index contributed by atoms with van der Waals surface area (Å²) in [5, 5.41) is 12.2. The summed E-state index contributed by atoms with van der Waals surface area (Å²) < 4.78 is 47.7. The Morgan fingerprint density at radius 2 is 1.70 bits per heavy atom. The number of Topliss-reactive ketones (excluding diaryl/α,β-unsaturated/α-hetero) is 1. The highest BCUT2D eigenvalue weighted by atomic mass is 35.5. The SMILES string of the molecule is CCc1cc(N2C(=S)N(c3ccc(C#N)c(C(F)(F)F)c3)C(=O)C2(C)C)ccc1OCCN1C[C@H](C)N(CC(=O)Cc2cc(Cl)cc(CC3CCC(=O)NC3=O)c2)[C@@H](C)C1. The van der Waals surface area contributed by atoms with Gasteiger partial charge in [-0.05, 0) is 124 Å². The van der Waals surface area contributed by atoms with Gasteiger partial charge in [0.25, 0.3) is 5.91 Å². The number of piperidine rings is 1. The number of nitriles is 1. The molecule has 3 aliphatic heterocycles. The van der Waals surface area contributed by atoms with Crippen LogP contribution in [0.1, 0.15) is 75.3 Å². The van der Waals surface area contributed by atoms with Gasteiger partial charge in [0.2, 0.25) is 11.8 Å². The van der Waals surface area contributed by atoms with E-state index in [2.05, 4.69) is 29.0 Å². The third-order valence-corrected chi connectivity index (χ3v) is 12.1. The van der Waals surface area contributed by atoms with E-state index in [4.69, 9.17) is 28.6 Å². The van der Waals surface area contributed by atoms with E-state index >= 15 is 0 Å². The van der Waals surface area contributed by atoms with Crippen LogP contribution in [-0.4, -0.2) is 88.8 Å². The lowest BCUT2D eigenvalue weighted by Gasteiger charge is -2.44. The molecule has 3 amide bonds. The van der Waals surface area contributed by atoms with E-state index in [-0.39, 0.29) is 59.4 Å². The van der Waals surface area contributed by atoms with Crippen molar-refractivity contribution >= 4 is 63.8 Å². The monoisotopic (exact) mass is 864 g/mol. The number of piperazine rings is 1. The Balaban J connectivity index is 1.04. The highest BCUT2D eigenvalue weighted by Gasteiger charge is 2.51. The van der Waals surface area contributed by atoms with Gasteiger partial charge in [0.05, 0.1) is 29.4 Å². The lowest BCUT2D eigenvalue weighted by molar-refractivity contribution is -0.138. The summed E-state index contributed by atoms with van der Waals surface area (Å²) >= 11 is 12.1. The standard InChI is InChI=1S/C44H48ClF3N6O5S/c1-6-30-20-35(54-42(60)53(41(58)43(54,4)5)34-9-7-32(22-49)37(21-34)44(46,47)48)10-11-38(30)59-14-13-51-23-26(2)52(27(3)24-51)25-36(55)19-29-15-28(17-33(45)18-29)16-31-8-12-39(56)50-40(31)57/h7,9-11,15,17-18,20-21,26-27,31H,6,8,12-14,16,19,23-25H2,1-5H3,(H,50,56,57)/t26-,27-,31?/m0/s1. The molecule has 3 saturated heterocycles. The number of carbonyl (C=O) groups excluding carboxylic acids is 4. The molecule has 1 unspecified atom stereocenters. The van der Waals surface area contributed by atoms with Gasteiger partial charge in [0, 0.05) is 61.2 Å². The quantitative estimate of drug-likeness (QED) is 0.144. The Kier molecular flexibility index (Phi) is 13.4. The van der Waals surface area contributed by atoms with Crippen molar-refractivity contribution in [2.45, 2.75) is 90.5 Å². The molecular formula is C44H48ClF3N6O5S. The summed E-state index contributed by atoms with van der Waals surface area (Å²) in [6.07, 6.45) is -2.75. The number of carbonyl (C=O) groups is 4. The maximum absolute atomic E-state index is 13.8. The Labute approximate surface area is 358 Å². The summed E-state index contributed by atoms with van der Waals surface area (Å²) in [5.74, 6) is -0.625. The first-order valence-electron chi connectivity index (χ1n) is 20.0. The third-order valence-electron chi connectivity index (χ3n) is 11.5. The van der Waals surface area contributed by atoms with Crippen LogP contribution in [0.2, 0.25) is 5.02 Å². The number of hydrogen-bond acceptors (Lipinski definition) is 9. The van der Waals surface area contributed by atoms with Crippen molar-refractivity contribution in [3.8, 4) is 11.8 Å². The molecule has 0 spiro atoms. The maximum atomic E-state index is 13.8. The Bertz CT molecular complexity index is 2230. The Hall–Kier alpha value is -4.88. The minimum absolute atomic E-state index is 0.0169. The highest BCUT2D eigenvalue weighted by Crippen LogP contribution is 2.40. The summed E-state index contributed by atoms with van der Waals surface area (Å²) in [6.45, 7) is 12.3. The lowest BCUT2D eigenvalue weighted by Crippen LogP contribution is -2.58. The van der Waals surface area contributed by atoms with Crippen LogP contribution in [0.5, 0.6) is 5.75 Å². The molecule has 3 aliphatic rings. The van der Waals surface area contributed by atoms with Crippen molar-refractivity contribution < 1.29 is 37.1 Å². The zero-order valence-corrected chi connectivity index (χ0v) is 35.8. The smallest absolute Gasteiger partial charge is 0.417 e. The van der Waals surface area contributed by atoms with Crippen molar-refractivity contribution in [2.24, 2.45) is 5.92 Å². The van der Waals surface area contributed by atoms with Crippen molar-refractivity contribution in [1.29, 1.82) is 5.26 Å². The molecule has 16 heteroatoms. The molecule has 3 atom stereocenters. The molecule has 6 rings (SSSR count). The number of ketones is 1. The van der Waals surface area contributed by atoms with Gasteiger partial charge in [0.1, 0.15) is 17.9 Å². The summed E-state index contributed by atoms with van der Waals surface area (Å²) in [7, 11) is 0. The maximum Gasteiger partial charge on any atom is 0.417 e. The van der Waals surface area contributed by atoms with Crippen molar-refractivity contribution in [3.63, 3.8) is 0 Å². The fourth-order valence-corrected chi connectivity index (χ4v) is 9.27. The number of amides is 3. The number of rotatable bonds is 13.